The van der Waals surface area contributed by atoms with E-state index in [4.69, 9.17) is 4.74 Å². The van der Waals surface area contributed by atoms with Crippen molar-refractivity contribution in [3.63, 3.8) is 0 Å². The van der Waals surface area contributed by atoms with Gasteiger partial charge >= 0.3 is 0 Å². The number of aromatic nitrogens is 2. The molecule has 0 aromatic carbocycles. The molecule has 0 unspecified atom stereocenters. The first kappa shape index (κ1) is 13.2. The fourth-order valence-electron chi connectivity index (χ4n) is 0.970. The zero-order chi connectivity index (χ0) is 12.0. The van der Waals surface area contributed by atoms with Gasteiger partial charge in [-0.25, -0.2) is 8.78 Å². The Morgan fingerprint density at radius 1 is 1.38 bits per heavy atom. The van der Waals surface area contributed by atoms with E-state index in [9.17, 15) is 8.78 Å². The Morgan fingerprint density at radius 2 is 2.12 bits per heavy atom. The third-order valence-corrected chi connectivity index (χ3v) is 2.45. The molecule has 0 bridgehead atoms. The summed E-state index contributed by atoms with van der Waals surface area (Å²) in [6.07, 6.45) is -2.48. The molecule has 0 aliphatic rings. The highest BCUT2D eigenvalue weighted by Gasteiger charge is 2.08. The molecule has 0 radical (unpaired) electrons. The second-order valence-electron chi connectivity index (χ2n) is 3.69. The summed E-state index contributed by atoms with van der Waals surface area (Å²) in [5.74, 6) is 0.558. The van der Waals surface area contributed by atoms with Gasteiger partial charge < -0.3 is 10.1 Å². The molecule has 0 fully saturated rings. The second-order valence-corrected chi connectivity index (χ2v) is 4.71. The van der Waals surface area contributed by atoms with Gasteiger partial charge in [0.2, 0.25) is 0 Å². The van der Waals surface area contributed by atoms with Gasteiger partial charge in [0.25, 0.3) is 11.6 Å². The molecule has 16 heavy (non-hydrogen) atoms. The summed E-state index contributed by atoms with van der Waals surface area (Å²) < 4.78 is 28.4. The minimum absolute atomic E-state index is 0.196. The number of alkyl halides is 2. The largest absolute Gasteiger partial charge is 0.463 e. The van der Waals surface area contributed by atoms with Crippen LogP contribution in [-0.4, -0.2) is 29.8 Å². The van der Waals surface area contributed by atoms with E-state index in [1.165, 1.54) is 11.3 Å². The maximum absolute atomic E-state index is 11.8. The van der Waals surface area contributed by atoms with Crippen molar-refractivity contribution in [3.8, 4) is 5.19 Å². The van der Waals surface area contributed by atoms with Crippen LogP contribution in [0.5, 0.6) is 5.19 Å². The van der Waals surface area contributed by atoms with Crippen molar-refractivity contribution in [1.29, 1.82) is 0 Å². The van der Waals surface area contributed by atoms with Crippen molar-refractivity contribution in [2.75, 3.05) is 13.2 Å². The highest BCUT2D eigenvalue weighted by molar-refractivity contribution is 7.13. The van der Waals surface area contributed by atoms with Crippen molar-refractivity contribution in [1.82, 2.24) is 15.5 Å². The molecular formula is C9H15F2N3OS. The van der Waals surface area contributed by atoms with Gasteiger partial charge in [0.15, 0.2) is 6.61 Å². The summed E-state index contributed by atoms with van der Waals surface area (Å²) in [5.41, 5.74) is 0. The quantitative estimate of drug-likeness (QED) is 0.804. The molecule has 0 atom stereocenters. The maximum Gasteiger partial charge on any atom is 0.294 e. The van der Waals surface area contributed by atoms with E-state index >= 15 is 0 Å². The van der Waals surface area contributed by atoms with E-state index in [1.54, 1.807) is 0 Å². The zero-order valence-electron chi connectivity index (χ0n) is 9.24. The summed E-state index contributed by atoms with van der Waals surface area (Å²) in [6.45, 7) is 5.04. The van der Waals surface area contributed by atoms with Gasteiger partial charge in [0.05, 0.1) is 0 Å². The Labute approximate surface area is 97.0 Å². The van der Waals surface area contributed by atoms with Crippen LogP contribution in [0.4, 0.5) is 8.78 Å². The minimum Gasteiger partial charge on any atom is -0.463 e. The van der Waals surface area contributed by atoms with Crippen LogP contribution < -0.4 is 10.1 Å². The molecule has 0 aliphatic heterocycles. The number of halogens is 2. The van der Waals surface area contributed by atoms with Crippen LogP contribution >= 0.6 is 11.3 Å². The highest BCUT2D eigenvalue weighted by atomic mass is 32.1. The lowest BCUT2D eigenvalue weighted by Gasteiger charge is -2.03. The first-order valence-electron chi connectivity index (χ1n) is 5.02. The number of hydrogen-bond acceptors (Lipinski definition) is 5. The number of nitrogens with one attached hydrogen (secondary N) is 1. The molecule has 0 spiro atoms. The highest BCUT2D eigenvalue weighted by Crippen LogP contribution is 2.18. The molecule has 0 saturated carbocycles. The van der Waals surface area contributed by atoms with Gasteiger partial charge in [-0.3, -0.25) is 0 Å². The van der Waals surface area contributed by atoms with E-state index in [1.807, 2.05) is 0 Å². The number of rotatable bonds is 7. The topological polar surface area (TPSA) is 47.0 Å². The number of ether oxygens (including phenoxy) is 1. The Balaban J connectivity index is 2.28. The Morgan fingerprint density at radius 3 is 2.75 bits per heavy atom. The molecule has 1 aromatic heterocycles. The van der Waals surface area contributed by atoms with Crippen LogP contribution in [0.2, 0.25) is 0 Å². The molecule has 1 heterocycles. The molecule has 1 aromatic rings. The van der Waals surface area contributed by atoms with Crippen molar-refractivity contribution < 1.29 is 13.5 Å². The SMILES string of the molecule is CC(C)CNCc1nnc(OCC(F)F)s1. The normalized spacial score (nSPS) is 11.4. The van der Waals surface area contributed by atoms with Crippen LogP contribution in [-0.2, 0) is 6.54 Å². The standard InChI is InChI=1S/C9H15F2N3OS/c1-6(2)3-12-4-8-13-14-9(16-8)15-5-7(10)11/h6-7,12H,3-5H2,1-2H3. The second kappa shape index (κ2) is 6.70. The predicted molar refractivity (Wildman–Crippen MR) is 58.0 cm³/mol. The molecule has 1 rings (SSSR count). The predicted octanol–water partition coefficient (Wildman–Crippen LogP) is 1.93. The van der Waals surface area contributed by atoms with Crippen LogP contribution in [0.1, 0.15) is 18.9 Å². The third kappa shape index (κ3) is 5.32. The van der Waals surface area contributed by atoms with Crippen LogP contribution in [0.3, 0.4) is 0 Å². The van der Waals surface area contributed by atoms with E-state index in [0.717, 1.165) is 11.6 Å². The molecular weight excluding hydrogens is 236 g/mol. The fraction of sp³-hybridized carbons (Fsp3) is 0.778. The van der Waals surface area contributed by atoms with E-state index < -0.39 is 13.0 Å². The third-order valence-electron chi connectivity index (χ3n) is 1.61. The Hall–Kier alpha value is -0.820. The number of nitrogens with zero attached hydrogens (tertiary/aromatic N) is 2. The molecule has 0 saturated heterocycles. The smallest absolute Gasteiger partial charge is 0.294 e. The van der Waals surface area contributed by atoms with Gasteiger partial charge in [-0.15, -0.1) is 10.2 Å². The molecule has 1 N–H and O–H groups in total. The van der Waals surface area contributed by atoms with Crippen molar-refractivity contribution >= 4 is 11.3 Å². The van der Waals surface area contributed by atoms with Crippen molar-refractivity contribution in [2.24, 2.45) is 5.92 Å². The van der Waals surface area contributed by atoms with E-state index in [2.05, 4.69) is 29.4 Å². The van der Waals surface area contributed by atoms with Crippen molar-refractivity contribution in [3.05, 3.63) is 5.01 Å². The summed E-state index contributed by atoms with van der Waals surface area (Å²) in [6, 6.07) is 0. The molecule has 4 nitrogen and oxygen atoms in total. The van der Waals surface area contributed by atoms with Gasteiger partial charge in [0.1, 0.15) is 5.01 Å². The summed E-state index contributed by atoms with van der Waals surface area (Å²) in [4.78, 5) is 0. The van der Waals surface area contributed by atoms with E-state index in [0.29, 0.717) is 12.5 Å². The maximum atomic E-state index is 11.8. The monoisotopic (exact) mass is 251 g/mol. The van der Waals surface area contributed by atoms with Gasteiger partial charge in [-0.05, 0) is 12.5 Å². The lowest BCUT2D eigenvalue weighted by atomic mass is 10.2. The van der Waals surface area contributed by atoms with Gasteiger partial charge in [0, 0.05) is 6.54 Å². The lowest BCUT2D eigenvalue weighted by molar-refractivity contribution is 0.0814. The van der Waals surface area contributed by atoms with Crippen LogP contribution in [0.15, 0.2) is 0 Å². The molecule has 0 aliphatic carbocycles. The molecule has 0 amide bonds. The average molecular weight is 251 g/mol. The fourth-order valence-corrected chi connectivity index (χ4v) is 1.64. The van der Waals surface area contributed by atoms with Crippen LogP contribution in [0.25, 0.3) is 0 Å². The van der Waals surface area contributed by atoms with Gasteiger partial charge in [-0.1, -0.05) is 25.2 Å². The molecule has 7 heteroatoms. The lowest BCUT2D eigenvalue weighted by Crippen LogP contribution is -2.18. The zero-order valence-corrected chi connectivity index (χ0v) is 10.1. The first-order chi connectivity index (χ1) is 7.58. The Bertz CT molecular complexity index is 307. The summed E-state index contributed by atoms with van der Waals surface area (Å²) in [7, 11) is 0. The molecule has 92 valence electrons. The van der Waals surface area contributed by atoms with Gasteiger partial charge in [-0.2, -0.15) is 0 Å². The number of hydrogen-bond donors (Lipinski definition) is 1. The Kier molecular flexibility index (Phi) is 5.54. The first-order valence-corrected chi connectivity index (χ1v) is 5.83. The summed E-state index contributed by atoms with van der Waals surface area (Å²) in [5, 5.41) is 11.6. The minimum atomic E-state index is -2.48. The average Bonchev–Trinajstić information content (AvgIpc) is 2.62. The van der Waals surface area contributed by atoms with Crippen LogP contribution in [0, 0.1) is 5.92 Å². The summed E-state index contributed by atoms with van der Waals surface area (Å²) >= 11 is 1.19. The van der Waals surface area contributed by atoms with Crippen molar-refractivity contribution in [2.45, 2.75) is 26.8 Å². The van der Waals surface area contributed by atoms with E-state index in [-0.39, 0.29) is 5.19 Å².